The Labute approximate surface area is 271 Å². The number of carbonyl (C=O) groups is 1. The van der Waals surface area contributed by atoms with Gasteiger partial charge in [-0.25, -0.2) is 14.5 Å². The first-order chi connectivity index (χ1) is 22.9. The molecule has 16 heteroatoms. The second kappa shape index (κ2) is 13.4. The number of hydrogen-bond acceptors (Lipinski definition) is 9. The minimum atomic E-state index is -5.20. The van der Waals surface area contributed by atoms with Gasteiger partial charge in [0, 0.05) is 36.7 Å². The van der Waals surface area contributed by atoms with Gasteiger partial charge >= 0.3 is 18.5 Å². The van der Waals surface area contributed by atoms with Crippen LogP contribution in [-0.4, -0.2) is 57.9 Å². The molecule has 1 aliphatic heterocycles. The van der Waals surface area contributed by atoms with E-state index in [0.29, 0.717) is 37.8 Å². The number of hydrogen-bond donors (Lipinski definition) is 2. The van der Waals surface area contributed by atoms with E-state index in [9.17, 15) is 31.1 Å². The second-order valence-corrected chi connectivity index (χ2v) is 11.8. The van der Waals surface area contributed by atoms with Gasteiger partial charge in [-0.2, -0.15) is 18.3 Å². The molecule has 2 aromatic carbocycles. The minimum absolute atomic E-state index is 0.0581. The Morgan fingerprint density at radius 3 is 2.40 bits per heavy atom. The Kier molecular flexibility index (Phi) is 9.27. The summed E-state index contributed by atoms with van der Waals surface area (Å²) in [6.45, 7) is 1.20. The lowest BCUT2D eigenvalue weighted by atomic mass is 9.67. The van der Waals surface area contributed by atoms with Crippen molar-refractivity contribution in [1.82, 2.24) is 20.2 Å². The molecule has 256 valence electrons. The molecule has 10 nitrogen and oxygen atoms in total. The number of carbonyl (C=O) groups excluding carboxylic acids is 1. The molecule has 0 bridgehead atoms. The smallest absolute Gasteiger partial charge is 0.424 e. The summed E-state index contributed by atoms with van der Waals surface area (Å²) in [6.07, 6.45) is -1.40. The number of nitrogens with zero attached hydrogens (tertiary/aromatic N) is 4. The average molecular weight is 679 g/mol. The van der Waals surface area contributed by atoms with E-state index < -0.39 is 35.8 Å². The van der Waals surface area contributed by atoms with Crippen LogP contribution in [0.15, 0.2) is 77.6 Å². The number of piperidine rings is 1. The summed E-state index contributed by atoms with van der Waals surface area (Å²) < 4.78 is 89.0. The van der Waals surface area contributed by atoms with Crippen LogP contribution in [0, 0.1) is 5.92 Å². The highest BCUT2D eigenvalue weighted by Gasteiger charge is 2.51. The Morgan fingerprint density at radius 1 is 0.958 bits per heavy atom. The Hall–Kier alpha value is -4.73. The molecule has 0 unspecified atom stereocenters. The van der Waals surface area contributed by atoms with Gasteiger partial charge in [0.05, 0.1) is 23.5 Å². The fraction of sp³-hybridized carbons (Fsp3) is 0.406. The normalized spacial score (nSPS) is 21.9. The summed E-state index contributed by atoms with van der Waals surface area (Å²) in [5, 5.41) is 7.48. The van der Waals surface area contributed by atoms with Crippen molar-refractivity contribution in [3.63, 3.8) is 0 Å². The van der Waals surface area contributed by atoms with Gasteiger partial charge in [0.25, 0.3) is 6.01 Å². The number of oxazole rings is 1. The van der Waals surface area contributed by atoms with Crippen LogP contribution in [0.3, 0.4) is 0 Å². The molecule has 48 heavy (non-hydrogen) atoms. The first kappa shape index (κ1) is 33.2. The first-order valence-corrected chi connectivity index (χ1v) is 15.4. The van der Waals surface area contributed by atoms with E-state index in [-0.39, 0.29) is 17.7 Å². The highest BCUT2D eigenvalue weighted by molar-refractivity contribution is 5.75. The maximum Gasteiger partial charge on any atom is 0.573 e. The van der Waals surface area contributed by atoms with Crippen molar-refractivity contribution in [2.24, 2.45) is 5.92 Å². The van der Waals surface area contributed by atoms with E-state index in [1.807, 2.05) is 36.5 Å². The SMILES string of the molecule is O=C(ON[C@@]1([C@H]2CCCN(c3ccc(-n4cccn4)cc3)C2)CCCC[C@H]1Nc1ncc(-c2ccc(OC(F)(F)F)cc2)o1)C(F)(F)F. The Morgan fingerprint density at radius 2 is 1.71 bits per heavy atom. The minimum Gasteiger partial charge on any atom is -0.424 e. The van der Waals surface area contributed by atoms with Crippen LogP contribution in [-0.2, 0) is 9.63 Å². The van der Waals surface area contributed by atoms with Gasteiger partial charge < -0.3 is 24.2 Å². The zero-order valence-electron chi connectivity index (χ0n) is 25.4. The third kappa shape index (κ3) is 7.53. The predicted octanol–water partition coefficient (Wildman–Crippen LogP) is 7.05. The predicted molar refractivity (Wildman–Crippen MR) is 161 cm³/mol. The van der Waals surface area contributed by atoms with E-state index in [1.54, 1.807) is 10.9 Å². The van der Waals surface area contributed by atoms with Gasteiger partial charge in [0.15, 0.2) is 5.76 Å². The van der Waals surface area contributed by atoms with E-state index in [0.717, 1.165) is 42.9 Å². The molecule has 3 heterocycles. The van der Waals surface area contributed by atoms with Gasteiger partial charge in [0.1, 0.15) is 5.75 Å². The lowest BCUT2D eigenvalue weighted by Crippen LogP contribution is -2.66. The molecule has 2 fully saturated rings. The largest absolute Gasteiger partial charge is 0.573 e. The monoisotopic (exact) mass is 678 g/mol. The molecule has 1 saturated heterocycles. The highest BCUT2D eigenvalue weighted by atomic mass is 19.4. The summed E-state index contributed by atoms with van der Waals surface area (Å²) in [5.74, 6) is -2.75. The first-order valence-electron chi connectivity index (χ1n) is 15.4. The summed E-state index contributed by atoms with van der Waals surface area (Å²) in [6, 6.07) is 14.2. The van der Waals surface area contributed by atoms with Crippen LogP contribution in [0.1, 0.15) is 38.5 Å². The molecular formula is C32H32F6N6O4. The highest BCUT2D eigenvalue weighted by Crippen LogP contribution is 2.42. The lowest BCUT2D eigenvalue weighted by molar-refractivity contribution is -0.274. The molecule has 2 aliphatic rings. The fourth-order valence-electron chi connectivity index (χ4n) is 6.61. The van der Waals surface area contributed by atoms with Crippen molar-refractivity contribution in [1.29, 1.82) is 0 Å². The maximum atomic E-state index is 13.3. The van der Waals surface area contributed by atoms with Crippen molar-refractivity contribution < 1.29 is 45.1 Å². The molecule has 0 spiro atoms. The molecule has 2 N–H and O–H groups in total. The second-order valence-electron chi connectivity index (χ2n) is 11.8. The summed E-state index contributed by atoms with van der Waals surface area (Å²) in [5.41, 5.74) is 3.71. The molecule has 1 aliphatic carbocycles. The van der Waals surface area contributed by atoms with Crippen molar-refractivity contribution >= 4 is 17.7 Å². The Balaban J connectivity index is 1.24. The fourth-order valence-corrected chi connectivity index (χ4v) is 6.61. The van der Waals surface area contributed by atoms with E-state index in [1.165, 1.54) is 18.3 Å². The van der Waals surface area contributed by atoms with E-state index in [4.69, 9.17) is 9.25 Å². The Bertz CT molecular complexity index is 1660. The number of halogens is 6. The number of aromatic nitrogens is 3. The maximum absolute atomic E-state index is 13.3. The number of benzene rings is 2. The van der Waals surface area contributed by atoms with E-state index in [2.05, 4.69) is 30.5 Å². The number of nitrogens with one attached hydrogen (secondary N) is 2. The van der Waals surface area contributed by atoms with Crippen LogP contribution < -0.4 is 20.4 Å². The van der Waals surface area contributed by atoms with Gasteiger partial charge in [-0.1, -0.05) is 12.8 Å². The number of hydroxylamine groups is 1. The average Bonchev–Trinajstić information content (AvgIpc) is 3.77. The van der Waals surface area contributed by atoms with Crippen molar-refractivity contribution in [3.8, 4) is 22.8 Å². The number of alkyl halides is 6. The third-order valence-corrected chi connectivity index (χ3v) is 8.83. The topological polar surface area (TPSA) is 107 Å². The molecule has 1 saturated carbocycles. The van der Waals surface area contributed by atoms with Gasteiger partial charge in [-0.05, 0) is 86.2 Å². The van der Waals surface area contributed by atoms with Gasteiger partial charge in [-0.3, -0.25) is 0 Å². The van der Waals surface area contributed by atoms with Crippen LogP contribution in [0.2, 0.25) is 0 Å². The third-order valence-electron chi connectivity index (χ3n) is 8.83. The molecule has 0 radical (unpaired) electrons. The van der Waals surface area contributed by atoms with Crippen LogP contribution in [0.5, 0.6) is 5.75 Å². The lowest BCUT2D eigenvalue weighted by Gasteiger charge is -2.51. The summed E-state index contributed by atoms with van der Waals surface area (Å²) in [4.78, 5) is 23.1. The quantitative estimate of drug-likeness (QED) is 0.142. The van der Waals surface area contributed by atoms with Crippen LogP contribution in [0.25, 0.3) is 17.0 Å². The summed E-state index contributed by atoms with van der Waals surface area (Å²) >= 11 is 0. The molecular weight excluding hydrogens is 646 g/mol. The van der Waals surface area contributed by atoms with Crippen LogP contribution in [0.4, 0.5) is 38.0 Å². The molecule has 6 rings (SSSR count). The number of ether oxygens (including phenoxy) is 1. The summed E-state index contributed by atoms with van der Waals surface area (Å²) in [7, 11) is 0. The van der Waals surface area contributed by atoms with Crippen LogP contribution >= 0.6 is 0 Å². The van der Waals surface area contributed by atoms with Crippen molar-refractivity contribution in [3.05, 3.63) is 73.2 Å². The zero-order valence-corrected chi connectivity index (χ0v) is 25.4. The number of anilines is 2. The van der Waals surface area contributed by atoms with Gasteiger partial charge in [-0.15, -0.1) is 18.7 Å². The number of rotatable bonds is 9. The molecule has 4 aromatic rings. The molecule has 0 amide bonds. The van der Waals surface area contributed by atoms with Crippen molar-refractivity contribution in [2.45, 2.75) is 62.6 Å². The van der Waals surface area contributed by atoms with Gasteiger partial charge in [0.2, 0.25) is 0 Å². The molecule has 3 atom stereocenters. The standard InChI is InChI=1S/C32H32F6N6O4/c33-31(34,35)28(45)48-42-30(22-5-3-17-43(20-22)23-9-11-24(12-10-23)44-18-4-16-40-44)15-2-1-6-27(30)41-29-39-19-26(46-29)21-7-13-25(14-8-21)47-32(36,37)38/h4,7-14,16,18-19,22,27,42H,1-3,5-6,15,17,20H2,(H,39,41)/t22-,27+,30+/m0/s1. The molecule has 2 aromatic heterocycles. The zero-order chi connectivity index (χ0) is 33.9. The van der Waals surface area contributed by atoms with E-state index >= 15 is 0 Å². The van der Waals surface area contributed by atoms with Crippen molar-refractivity contribution in [2.75, 3.05) is 23.3 Å².